The molecule has 0 unspecified atom stereocenters. The van der Waals surface area contributed by atoms with E-state index in [-0.39, 0.29) is 10.6 Å². The van der Waals surface area contributed by atoms with Crippen LogP contribution in [0.25, 0.3) is 21.6 Å². The van der Waals surface area contributed by atoms with Gasteiger partial charge >= 0.3 is 0 Å². The van der Waals surface area contributed by atoms with Crippen LogP contribution in [0.15, 0.2) is 47.0 Å². The van der Waals surface area contributed by atoms with Crippen molar-refractivity contribution < 1.29 is 9.45 Å². The Morgan fingerprint density at radius 1 is 1.10 bits per heavy atom. The average Bonchev–Trinajstić information content (AvgIpc) is 3.41. The number of anilines is 1. The van der Waals surface area contributed by atoms with Gasteiger partial charge in [-0.15, -0.1) is 0 Å². The summed E-state index contributed by atoms with van der Waals surface area (Å²) in [4.78, 5) is 24.3. The van der Waals surface area contributed by atoms with Gasteiger partial charge in [0.05, 0.1) is 21.7 Å². The van der Waals surface area contributed by atoms with Crippen molar-refractivity contribution in [3.8, 4) is 11.4 Å². The minimum absolute atomic E-state index is 0.0945. The highest BCUT2D eigenvalue weighted by molar-refractivity contribution is 7.22. The maximum atomic E-state index is 11.0. The molecule has 31 heavy (non-hydrogen) atoms. The van der Waals surface area contributed by atoms with Gasteiger partial charge in [0.15, 0.2) is 5.13 Å². The van der Waals surface area contributed by atoms with E-state index in [1.165, 1.54) is 23.0 Å². The fourth-order valence-corrected chi connectivity index (χ4v) is 4.63. The number of nitrogens with zero attached hydrogens (tertiary/aromatic N) is 6. The van der Waals surface area contributed by atoms with Gasteiger partial charge in [-0.1, -0.05) is 46.3 Å². The Hall–Kier alpha value is -3.37. The van der Waals surface area contributed by atoms with Crippen LogP contribution in [0, 0.1) is 17.0 Å². The van der Waals surface area contributed by atoms with Crippen LogP contribution in [0.5, 0.6) is 0 Å². The number of nitro groups is 1. The summed E-state index contributed by atoms with van der Waals surface area (Å²) in [7, 11) is 0. The summed E-state index contributed by atoms with van der Waals surface area (Å²) >= 11 is 1.49. The van der Waals surface area contributed by atoms with Gasteiger partial charge in [-0.2, -0.15) is 4.98 Å². The smallest absolute Gasteiger partial charge is 0.270 e. The second-order valence-corrected chi connectivity index (χ2v) is 8.56. The third kappa shape index (κ3) is 4.12. The van der Waals surface area contributed by atoms with E-state index in [0.29, 0.717) is 18.3 Å². The fraction of sp³-hybridized carbons (Fsp3) is 0.286. The zero-order valence-corrected chi connectivity index (χ0v) is 17.7. The van der Waals surface area contributed by atoms with Crippen LogP contribution in [-0.4, -0.2) is 51.1 Å². The van der Waals surface area contributed by atoms with Crippen molar-refractivity contribution in [2.75, 3.05) is 31.1 Å². The number of hydrogen-bond acceptors (Lipinski definition) is 9. The number of aromatic nitrogens is 3. The van der Waals surface area contributed by atoms with E-state index < -0.39 is 0 Å². The molecule has 0 saturated carbocycles. The Kier molecular flexibility index (Phi) is 5.08. The van der Waals surface area contributed by atoms with Gasteiger partial charge in [0.2, 0.25) is 11.7 Å². The molecule has 0 bridgehead atoms. The highest BCUT2D eigenvalue weighted by atomic mass is 32.1. The van der Waals surface area contributed by atoms with E-state index in [0.717, 1.165) is 47.1 Å². The molecule has 1 aliphatic rings. The zero-order chi connectivity index (χ0) is 21.4. The van der Waals surface area contributed by atoms with Crippen LogP contribution in [0.1, 0.15) is 11.5 Å². The van der Waals surface area contributed by atoms with E-state index in [4.69, 9.17) is 4.52 Å². The second kappa shape index (κ2) is 8.05. The van der Waals surface area contributed by atoms with Crippen LogP contribution >= 0.6 is 11.3 Å². The van der Waals surface area contributed by atoms with Gasteiger partial charge in [-0.3, -0.25) is 15.0 Å². The van der Waals surface area contributed by atoms with Crippen molar-refractivity contribution in [1.82, 2.24) is 20.0 Å². The predicted octanol–water partition coefficient (Wildman–Crippen LogP) is 3.89. The topological polar surface area (TPSA) is 101 Å². The minimum Gasteiger partial charge on any atom is -0.345 e. The lowest BCUT2D eigenvalue weighted by atomic mass is 10.1. The fourth-order valence-electron chi connectivity index (χ4n) is 3.58. The highest BCUT2D eigenvalue weighted by Gasteiger charge is 2.22. The predicted molar refractivity (Wildman–Crippen MR) is 118 cm³/mol. The first-order chi connectivity index (χ1) is 15.0. The normalized spacial score (nSPS) is 14.9. The quantitative estimate of drug-likeness (QED) is 0.343. The standard InChI is InChI=1S/C21H20N6O3S/c1-14-2-4-15(5-3-14)20-23-19(30-24-20)13-25-8-10-26(11-9-25)21-22-17-7-6-16(27(28)29)12-18(17)31-21/h2-7,12H,8-11,13H2,1H3. The molecule has 158 valence electrons. The van der Waals surface area contributed by atoms with Gasteiger partial charge in [0.25, 0.3) is 5.69 Å². The molecule has 9 nitrogen and oxygen atoms in total. The third-order valence-corrected chi connectivity index (χ3v) is 6.43. The number of thiazole rings is 1. The molecule has 1 fully saturated rings. The molecular formula is C21H20N6O3S. The lowest BCUT2D eigenvalue weighted by Crippen LogP contribution is -2.46. The molecule has 10 heteroatoms. The molecule has 3 heterocycles. The SMILES string of the molecule is Cc1ccc(-c2noc(CN3CCN(c4nc5ccc([N+](=O)[O-])cc5s4)CC3)n2)cc1. The number of rotatable bonds is 5. The Labute approximate surface area is 182 Å². The monoisotopic (exact) mass is 436 g/mol. The first-order valence-corrected chi connectivity index (χ1v) is 10.8. The number of benzene rings is 2. The van der Waals surface area contributed by atoms with Crippen molar-refractivity contribution >= 4 is 32.4 Å². The second-order valence-electron chi connectivity index (χ2n) is 7.55. The van der Waals surface area contributed by atoms with Gasteiger partial charge in [-0.25, -0.2) is 4.98 Å². The van der Waals surface area contributed by atoms with Crippen LogP contribution in [0.4, 0.5) is 10.8 Å². The molecule has 0 amide bonds. The maximum Gasteiger partial charge on any atom is 0.270 e. The maximum absolute atomic E-state index is 11.0. The summed E-state index contributed by atoms with van der Waals surface area (Å²) in [5.74, 6) is 1.22. The summed E-state index contributed by atoms with van der Waals surface area (Å²) < 4.78 is 6.29. The van der Waals surface area contributed by atoms with E-state index in [2.05, 4.69) is 24.9 Å². The Morgan fingerprint density at radius 2 is 1.87 bits per heavy atom. The van der Waals surface area contributed by atoms with Gasteiger partial charge in [0, 0.05) is 43.9 Å². The van der Waals surface area contributed by atoms with E-state index in [1.54, 1.807) is 12.1 Å². The van der Waals surface area contributed by atoms with Gasteiger partial charge in [0.1, 0.15) is 0 Å². The van der Waals surface area contributed by atoms with E-state index >= 15 is 0 Å². The first-order valence-electron chi connectivity index (χ1n) is 9.97. The molecule has 0 N–H and O–H groups in total. The molecule has 5 rings (SSSR count). The Bertz CT molecular complexity index is 1230. The molecular weight excluding hydrogens is 416 g/mol. The Balaban J connectivity index is 1.21. The molecule has 0 spiro atoms. The van der Waals surface area contributed by atoms with Gasteiger partial charge in [-0.05, 0) is 13.0 Å². The molecule has 0 atom stereocenters. The zero-order valence-electron chi connectivity index (χ0n) is 16.9. The third-order valence-electron chi connectivity index (χ3n) is 5.35. The summed E-state index contributed by atoms with van der Waals surface area (Å²) in [6.45, 7) is 5.99. The van der Waals surface area contributed by atoms with Crippen molar-refractivity contribution in [1.29, 1.82) is 0 Å². The average molecular weight is 436 g/mol. The molecule has 0 aliphatic carbocycles. The van der Waals surface area contributed by atoms with Crippen LogP contribution < -0.4 is 4.90 Å². The lowest BCUT2D eigenvalue weighted by molar-refractivity contribution is -0.384. The van der Waals surface area contributed by atoms with Crippen molar-refractivity contribution in [2.24, 2.45) is 0 Å². The van der Waals surface area contributed by atoms with Crippen LogP contribution in [-0.2, 0) is 6.54 Å². The molecule has 1 aliphatic heterocycles. The van der Waals surface area contributed by atoms with E-state index in [1.807, 2.05) is 31.2 Å². The van der Waals surface area contributed by atoms with Crippen LogP contribution in [0.2, 0.25) is 0 Å². The number of aryl methyl sites for hydroxylation is 1. The molecule has 2 aromatic heterocycles. The van der Waals surface area contributed by atoms with Crippen molar-refractivity contribution in [2.45, 2.75) is 13.5 Å². The van der Waals surface area contributed by atoms with Gasteiger partial charge < -0.3 is 9.42 Å². The first kappa shape index (κ1) is 19.6. The largest absolute Gasteiger partial charge is 0.345 e. The summed E-state index contributed by atoms with van der Waals surface area (Å²) in [6.07, 6.45) is 0. The van der Waals surface area contributed by atoms with Crippen molar-refractivity contribution in [3.63, 3.8) is 0 Å². The number of fused-ring (bicyclic) bond motifs is 1. The number of nitro benzene ring substituents is 1. The van der Waals surface area contributed by atoms with E-state index in [9.17, 15) is 10.1 Å². The molecule has 1 saturated heterocycles. The highest BCUT2D eigenvalue weighted by Crippen LogP contribution is 2.32. The van der Waals surface area contributed by atoms with Crippen LogP contribution in [0.3, 0.4) is 0 Å². The lowest BCUT2D eigenvalue weighted by Gasteiger charge is -2.33. The molecule has 2 aromatic carbocycles. The minimum atomic E-state index is -0.376. The summed E-state index contributed by atoms with van der Waals surface area (Å²) in [5.41, 5.74) is 3.03. The number of hydrogen-bond donors (Lipinski definition) is 0. The van der Waals surface area contributed by atoms with Crippen molar-refractivity contribution in [3.05, 3.63) is 64.0 Å². The summed E-state index contributed by atoms with van der Waals surface area (Å²) in [6, 6.07) is 12.9. The summed E-state index contributed by atoms with van der Waals surface area (Å²) in [5, 5.41) is 16.0. The Morgan fingerprint density at radius 3 is 2.61 bits per heavy atom. The molecule has 0 radical (unpaired) electrons. The number of piperazine rings is 1. The molecule has 4 aromatic rings. The number of non-ortho nitro benzene ring substituents is 1.